The minimum absolute atomic E-state index is 0.0592. The summed E-state index contributed by atoms with van der Waals surface area (Å²) >= 11 is 1.41. The fraction of sp³-hybridized carbons (Fsp3) is 0.350. The summed E-state index contributed by atoms with van der Waals surface area (Å²) in [4.78, 5) is 22.4. The van der Waals surface area contributed by atoms with E-state index in [9.17, 15) is 14.9 Å². The van der Waals surface area contributed by atoms with E-state index >= 15 is 0 Å². The normalized spacial score (nSPS) is 10.5. The van der Waals surface area contributed by atoms with Gasteiger partial charge in [0.1, 0.15) is 0 Å². The Bertz CT molecular complexity index is 770. The Morgan fingerprint density at radius 3 is 2.68 bits per heavy atom. The zero-order valence-corrected chi connectivity index (χ0v) is 16.6. The number of hydrogen-bond donors (Lipinski definition) is 1. The number of carbonyl (C=O) groups excluding carboxylic acids is 1. The highest BCUT2D eigenvalue weighted by atomic mass is 32.2. The van der Waals surface area contributed by atoms with E-state index in [1.54, 1.807) is 12.1 Å². The summed E-state index contributed by atoms with van der Waals surface area (Å²) in [5.41, 5.74) is 1.84. The molecule has 28 heavy (non-hydrogen) atoms. The highest BCUT2D eigenvalue weighted by Gasteiger charge is 2.15. The average molecular weight is 404 g/mol. The van der Waals surface area contributed by atoms with Crippen LogP contribution in [0, 0.1) is 10.1 Å². The third kappa shape index (κ3) is 7.58. The number of rotatable bonds is 12. The van der Waals surface area contributed by atoms with Crippen LogP contribution in [-0.4, -0.2) is 36.8 Å². The fourth-order valence-electron chi connectivity index (χ4n) is 2.45. The van der Waals surface area contributed by atoms with Gasteiger partial charge in [0.25, 0.3) is 0 Å². The number of amides is 1. The SMILES string of the molecule is COc1ccc(CSCC(=O)NCCCOCc2ccccc2)cc1[N+](=O)[O-]. The van der Waals surface area contributed by atoms with Crippen molar-refractivity contribution in [3.63, 3.8) is 0 Å². The van der Waals surface area contributed by atoms with E-state index in [2.05, 4.69) is 5.32 Å². The average Bonchev–Trinajstić information content (AvgIpc) is 2.71. The van der Waals surface area contributed by atoms with Crippen LogP contribution in [0.2, 0.25) is 0 Å². The topological polar surface area (TPSA) is 90.7 Å². The smallest absolute Gasteiger partial charge is 0.311 e. The molecule has 0 radical (unpaired) electrons. The Morgan fingerprint density at radius 2 is 1.96 bits per heavy atom. The molecule has 1 amide bonds. The predicted molar refractivity (Wildman–Crippen MR) is 110 cm³/mol. The molecule has 2 aromatic carbocycles. The van der Waals surface area contributed by atoms with Crippen molar-refractivity contribution in [2.75, 3.05) is 26.0 Å². The van der Waals surface area contributed by atoms with Crippen LogP contribution in [0.15, 0.2) is 48.5 Å². The number of thioether (sulfide) groups is 1. The minimum atomic E-state index is -0.473. The van der Waals surface area contributed by atoms with Gasteiger partial charge in [0.05, 0.1) is 24.4 Å². The second kappa shape index (κ2) is 12.0. The lowest BCUT2D eigenvalue weighted by molar-refractivity contribution is -0.385. The van der Waals surface area contributed by atoms with E-state index in [0.717, 1.165) is 17.5 Å². The number of nitrogens with zero attached hydrogens (tertiary/aromatic N) is 1. The summed E-state index contributed by atoms with van der Waals surface area (Å²) < 4.78 is 10.5. The van der Waals surface area contributed by atoms with Gasteiger partial charge < -0.3 is 14.8 Å². The van der Waals surface area contributed by atoms with E-state index < -0.39 is 4.92 Å². The van der Waals surface area contributed by atoms with Gasteiger partial charge in [-0.05, 0) is 23.6 Å². The van der Waals surface area contributed by atoms with Crippen LogP contribution in [0.3, 0.4) is 0 Å². The molecule has 0 saturated carbocycles. The van der Waals surface area contributed by atoms with Gasteiger partial charge in [0.15, 0.2) is 5.75 Å². The quantitative estimate of drug-likeness (QED) is 0.330. The molecular formula is C20H24N2O5S. The van der Waals surface area contributed by atoms with Crippen molar-refractivity contribution < 1.29 is 19.2 Å². The van der Waals surface area contributed by atoms with Gasteiger partial charge in [0.2, 0.25) is 5.91 Å². The standard InChI is InChI=1S/C20H24N2O5S/c1-26-19-9-8-17(12-18(19)22(24)25)14-28-15-20(23)21-10-5-11-27-13-16-6-3-2-4-7-16/h2-4,6-9,12H,5,10-11,13-15H2,1H3,(H,21,23). The highest BCUT2D eigenvalue weighted by molar-refractivity contribution is 7.99. The zero-order valence-electron chi connectivity index (χ0n) is 15.8. The highest BCUT2D eigenvalue weighted by Crippen LogP contribution is 2.28. The molecule has 0 saturated heterocycles. The van der Waals surface area contributed by atoms with Crippen LogP contribution in [0.5, 0.6) is 5.75 Å². The molecule has 7 nitrogen and oxygen atoms in total. The van der Waals surface area contributed by atoms with Crippen LogP contribution in [0.25, 0.3) is 0 Å². The van der Waals surface area contributed by atoms with Crippen molar-refractivity contribution in [1.82, 2.24) is 5.32 Å². The summed E-state index contributed by atoms with van der Waals surface area (Å²) in [5, 5.41) is 13.9. The summed E-state index contributed by atoms with van der Waals surface area (Å²) in [6.45, 7) is 1.71. The van der Waals surface area contributed by atoms with Crippen molar-refractivity contribution in [1.29, 1.82) is 0 Å². The van der Waals surface area contributed by atoms with Crippen LogP contribution in [0.1, 0.15) is 17.5 Å². The first-order chi connectivity index (χ1) is 13.6. The van der Waals surface area contributed by atoms with Crippen molar-refractivity contribution in [3.05, 3.63) is 69.8 Å². The predicted octanol–water partition coefficient (Wildman–Crippen LogP) is 3.56. The summed E-state index contributed by atoms with van der Waals surface area (Å²) in [5.74, 6) is 0.977. The van der Waals surface area contributed by atoms with Gasteiger partial charge in [-0.2, -0.15) is 0 Å². The number of hydrogen-bond acceptors (Lipinski definition) is 6. The first-order valence-corrected chi connectivity index (χ1v) is 10.0. The Morgan fingerprint density at radius 1 is 1.18 bits per heavy atom. The van der Waals surface area contributed by atoms with E-state index in [1.165, 1.54) is 24.9 Å². The maximum atomic E-state index is 11.9. The molecule has 0 heterocycles. The van der Waals surface area contributed by atoms with Crippen molar-refractivity contribution >= 4 is 23.4 Å². The molecule has 0 aliphatic carbocycles. The molecule has 0 aliphatic rings. The second-order valence-corrected chi connectivity index (χ2v) is 6.98. The van der Waals surface area contributed by atoms with E-state index in [-0.39, 0.29) is 17.3 Å². The Kier molecular flexibility index (Phi) is 9.30. The monoisotopic (exact) mass is 404 g/mol. The lowest BCUT2D eigenvalue weighted by Crippen LogP contribution is -2.26. The van der Waals surface area contributed by atoms with Crippen LogP contribution in [0.4, 0.5) is 5.69 Å². The number of ether oxygens (including phenoxy) is 2. The molecular weight excluding hydrogens is 380 g/mol. The molecule has 1 N–H and O–H groups in total. The molecule has 8 heteroatoms. The lowest BCUT2D eigenvalue weighted by atomic mass is 10.2. The molecule has 0 unspecified atom stereocenters. The second-order valence-electron chi connectivity index (χ2n) is 6.00. The number of nitro benzene ring substituents is 1. The fourth-order valence-corrected chi connectivity index (χ4v) is 3.25. The maximum absolute atomic E-state index is 11.9. The molecule has 2 rings (SSSR count). The number of nitro groups is 1. The number of methoxy groups -OCH3 is 1. The van der Waals surface area contributed by atoms with Gasteiger partial charge in [0, 0.05) is 25.0 Å². The third-order valence-electron chi connectivity index (χ3n) is 3.84. The van der Waals surface area contributed by atoms with Crippen LogP contribution < -0.4 is 10.1 Å². The van der Waals surface area contributed by atoms with E-state index in [1.807, 2.05) is 30.3 Å². The summed E-state index contributed by atoms with van der Waals surface area (Å²) in [6, 6.07) is 14.7. The molecule has 2 aromatic rings. The molecule has 0 atom stereocenters. The van der Waals surface area contributed by atoms with Crippen LogP contribution in [-0.2, 0) is 21.9 Å². The summed E-state index contributed by atoms with van der Waals surface area (Å²) in [7, 11) is 1.40. The van der Waals surface area contributed by atoms with Crippen LogP contribution >= 0.6 is 11.8 Å². The lowest BCUT2D eigenvalue weighted by Gasteiger charge is -2.07. The van der Waals surface area contributed by atoms with Gasteiger partial charge >= 0.3 is 5.69 Å². The molecule has 0 aromatic heterocycles. The van der Waals surface area contributed by atoms with E-state index in [4.69, 9.17) is 9.47 Å². The van der Waals surface area contributed by atoms with Gasteiger partial charge in [-0.3, -0.25) is 14.9 Å². The number of benzene rings is 2. The number of nitrogens with one attached hydrogen (secondary N) is 1. The minimum Gasteiger partial charge on any atom is -0.490 e. The maximum Gasteiger partial charge on any atom is 0.311 e. The molecule has 0 fully saturated rings. The Balaban J connectivity index is 1.58. The molecule has 150 valence electrons. The van der Waals surface area contributed by atoms with Crippen molar-refractivity contribution in [2.45, 2.75) is 18.8 Å². The van der Waals surface area contributed by atoms with E-state index in [0.29, 0.717) is 31.3 Å². The number of carbonyl (C=O) groups is 1. The Labute approximate surface area is 168 Å². The van der Waals surface area contributed by atoms with Crippen molar-refractivity contribution in [3.8, 4) is 5.75 Å². The third-order valence-corrected chi connectivity index (χ3v) is 4.84. The molecule has 0 aliphatic heterocycles. The first kappa shape index (κ1) is 21.7. The van der Waals surface area contributed by atoms with Gasteiger partial charge in [-0.25, -0.2) is 0 Å². The molecule has 0 spiro atoms. The van der Waals surface area contributed by atoms with Crippen molar-refractivity contribution in [2.24, 2.45) is 0 Å². The zero-order chi connectivity index (χ0) is 20.2. The van der Waals surface area contributed by atoms with Gasteiger partial charge in [-0.15, -0.1) is 11.8 Å². The first-order valence-electron chi connectivity index (χ1n) is 8.87. The largest absolute Gasteiger partial charge is 0.490 e. The molecule has 0 bridgehead atoms. The van der Waals surface area contributed by atoms with Gasteiger partial charge in [-0.1, -0.05) is 36.4 Å². The Hall–Kier alpha value is -2.58. The summed E-state index contributed by atoms with van der Waals surface area (Å²) in [6.07, 6.45) is 0.744.